The molecule has 22 heavy (non-hydrogen) atoms. The highest BCUT2D eigenvalue weighted by Gasteiger charge is 2.13. The number of halogens is 1. The summed E-state index contributed by atoms with van der Waals surface area (Å²) in [7, 11) is 0. The number of aryl methyl sites for hydroxylation is 1. The van der Waals surface area contributed by atoms with Gasteiger partial charge in [0.2, 0.25) is 5.91 Å². The van der Waals surface area contributed by atoms with Crippen molar-refractivity contribution in [2.75, 3.05) is 0 Å². The van der Waals surface area contributed by atoms with E-state index in [1.54, 1.807) is 30.5 Å². The average Bonchev–Trinajstić information content (AvgIpc) is 2.54. The van der Waals surface area contributed by atoms with Gasteiger partial charge in [0.05, 0.1) is 6.07 Å². The van der Waals surface area contributed by atoms with Crippen LogP contribution < -0.4 is 5.32 Å². The van der Waals surface area contributed by atoms with E-state index < -0.39 is 6.04 Å². The zero-order chi connectivity index (χ0) is 15.8. The molecule has 0 saturated heterocycles. The van der Waals surface area contributed by atoms with Crippen molar-refractivity contribution < 1.29 is 4.79 Å². The maximum atomic E-state index is 11.9. The van der Waals surface area contributed by atoms with Gasteiger partial charge in [0.15, 0.2) is 0 Å². The number of rotatable bonds is 6. The average molecular weight is 314 g/mol. The van der Waals surface area contributed by atoms with Crippen molar-refractivity contribution in [1.82, 2.24) is 10.3 Å². The van der Waals surface area contributed by atoms with Crippen molar-refractivity contribution in [3.05, 3.63) is 64.9 Å². The van der Waals surface area contributed by atoms with Gasteiger partial charge in [0.1, 0.15) is 6.04 Å². The molecule has 1 N–H and O–H groups in total. The van der Waals surface area contributed by atoms with E-state index in [9.17, 15) is 10.1 Å². The van der Waals surface area contributed by atoms with Crippen molar-refractivity contribution in [2.45, 2.75) is 25.3 Å². The first kappa shape index (κ1) is 16.0. The van der Waals surface area contributed by atoms with Crippen LogP contribution in [0.4, 0.5) is 0 Å². The van der Waals surface area contributed by atoms with Crippen molar-refractivity contribution in [1.29, 1.82) is 5.26 Å². The van der Waals surface area contributed by atoms with Gasteiger partial charge in [-0.1, -0.05) is 29.8 Å². The molecule has 1 amide bonds. The summed E-state index contributed by atoms with van der Waals surface area (Å²) >= 11 is 5.82. The lowest BCUT2D eigenvalue weighted by atomic mass is 10.1. The van der Waals surface area contributed by atoms with Crippen LogP contribution in [0.2, 0.25) is 5.02 Å². The first-order chi connectivity index (χ1) is 10.7. The number of hydrogen-bond acceptors (Lipinski definition) is 3. The summed E-state index contributed by atoms with van der Waals surface area (Å²) in [4.78, 5) is 16.1. The molecule has 0 aliphatic heterocycles. The van der Waals surface area contributed by atoms with Crippen LogP contribution in [0.15, 0.2) is 48.7 Å². The molecule has 0 unspecified atom stereocenters. The molecule has 0 radical (unpaired) electrons. The molecule has 0 aliphatic carbocycles. The lowest BCUT2D eigenvalue weighted by molar-refractivity contribution is -0.121. The number of nitrogens with one attached hydrogen (secondary N) is 1. The SMILES string of the molecule is N#C[C@H](NC(=O)CCCc1ccccn1)c1ccc(Cl)cc1. The van der Waals surface area contributed by atoms with Gasteiger partial charge in [-0.3, -0.25) is 9.78 Å². The predicted molar refractivity (Wildman–Crippen MR) is 85.1 cm³/mol. The Morgan fingerprint density at radius 2 is 2.05 bits per heavy atom. The minimum Gasteiger partial charge on any atom is -0.337 e. The molecule has 4 nitrogen and oxygen atoms in total. The highest BCUT2D eigenvalue weighted by molar-refractivity contribution is 6.30. The summed E-state index contributed by atoms with van der Waals surface area (Å²) in [6, 6.07) is 14.0. The van der Waals surface area contributed by atoms with Crippen LogP contribution in [0.5, 0.6) is 0 Å². The Labute approximate surface area is 134 Å². The molecule has 0 spiro atoms. The van der Waals surface area contributed by atoms with Crippen LogP contribution in [0.3, 0.4) is 0 Å². The molecule has 112 valence electrons. The molecule has 1 aromatic carbocycles. The Morgan fingerprint density at radius 3 is 2.68 bits per heavy atom. The fourth-order valence-electron chi connectivity index (χ4n) is 2.05. The standard InChI is InChI=1S/C17H16ClN3O/c18-14-9-7-13(8-10-14)16(12-19)21-17(22)6-3-5-15-4-1-2-11-20-15/h1-2,4,7-11,16H,3,5-6H2,(H,21,22)/t16-/m0/s1. The van der Waals surface area contributed by atoms with E-state index in [2.05, 4.69) is 16.4 Å². The van der Waals surface area contributed by atoms with Gasteiger partial charge in [0, 0.05) is 23.3 Å². The molecular formula is C17H16ClN3O. The van der Waals surface area contributed by atoms with Gasteiger partial charge in [-0.05, 0) is 42.7 Å². The van der Waals surface area contributed by atoms with Crippen molar-refractivity contribution >= 4 is 17.5 Å². The van der Waals surface area contributed by atoms with Gasteiger partial charge in [-0.25, -0.2) is 0 Å². The van der Waals surface area contributed by atoms with Gasteiger partial charge >= 0.3 is 0 Å². The van der Waals surface area contributed by atoms with Gasteiger partial charge < -0.3 is 5.32 Å². The third kappa shape index (κ3) is 4.87. The fourth-order valence-corrected chi connectivity index (χ4v) is 2.18. The minimum absolute atomic E-state index is 0.141. The zero-order valence-electron chi connectivity index (χ0n) is 12.0. The van der Waals surface area contributed by atoms with Crippen molar-refractivity contribution in [3.63, 3.8) is 0 Å². The Hall–Kier alpha value is -2.38. The monoisotopic (exact) mass is 313 g/mol. The summed E-state index contributed by atoms with van der Waals surface area (Å²) < 4.78 is 0. The molecule has 0 bridgehead atoms. The van der Waals surface area contributed by atoms with E-state index in [4.69, 9.17) is 11.6 Å². The van der Waals surface area contributed by atoms with Crippen LogP contribution in [0.1, 0.15) is 30.1 Å². The molecule has 2 rings (SSSR count). The van der Waals surface area contributed by atoms with Gasteiger partial charge in [-0.15, -0.1) is 0 Å². The third-order valence-electron chi connectivity index (χ3n) is 3.20. The van der Waals surface area contributed by atoms with Crippen LogP contribution >= 0.6 is 11.6 Å². The van der Waals surface area contributed by atoms with Gasteiger partial charge in [-0.2, -0.15) is 5.26 Å². The summed E-state index contributed by atoms with van der Waals surface area (Å²) in [6.07, 6.45) is 3.54. The van der Waals surface area contributed by atoms with Gasteiger partial charge in [0.25, 0.3) is 0 Å². The Bertz CT molecular complexity index is 650. The number of pyridine rings is 1. The molecule has 0 fully saturated rings. The highest BCUT2D eigenvalue weighted by atomic mass is 35.5. The number of carbonyl (C=O) groups excluding carboxylic acids is 1. The minimum atomic E-state index is -0.653. The number of aromatic nitrogens is 1. The van der Waals surface area contributed by atoms with E-state index in [1.807, 2.05) is 18.2 Å². The zero-order valence-corrected chi connectivity index (χ0v) is 12.8. The number of hydrogen-bond donors (Lipinski definition) is 1. The highest BCUT2D eigenvalue weighted by Crippen LogP contribution is 2.16. The summed E-state index contributed by atoms with van der Waals surface area (Å²) in [5.74, 6) is -0.141. The third-order valence-corrected chi connectivity index (χ3v) is 3.45. The second kappa shape index (κ2) is 8.16. The first-order valence-electron chi connectivity index (χ1n) is 7.03. The number of amides is 1. The smallest absolute Gasteiger partial charge is 0.221 e. The quantitative estimate of drug-likeness (QED) is 0.888. The van der Waals surface area contributed by atoms with E-state index in [0.29, 0.717) is 17.9 Å². The molecule has 1 aromatic heterocycles. The Balaban J connectivity index is 1.82. The Morgan fingerprint density at radius 1 is 1.27 bits per heavy atom. The van der Waals surface area contributed by atoms with E-state index in [1.165, 1.54) is 0 Å². The van der Waals surface area contributed by atoms with Crippen molar-refractivity contribution in [2.24, 2.45) is 0 Å². The lowest BCUT2D eigenvalue weighted by Crippen LogP contribution is -2.27. The predicted octanol–water partition coefficient (Wildman–Crippen LogP) is 3.44. The number of carbonyl (C=O) groups is 1. The second-order valence-electron chi connectivity index (χ2n) is 4.86. The van der Waals surface area contributed by atoms with Crippen LogP contribution in [-0.4, -0.2) is 10.9 Å². The number of nitriles is 1. The van der Waals surface area contributed by atoms with Crippen molar-refractivity contribution in [3.8, 4) is 6.07 Å². The number of benzene rings is 1. The molecule has 0 aliphatic rings. The first-order valence-corrected chi connectivity index (χ1v) is 7.41. The summed E-state index contributed by atoms with van der Waals surface area (Å²) in [5.41, 5.74) is 1.69. The molecule has 2 aromatic rings. The fraction of sp³-hybridized carbons (Fsp3) is 0.235. The maximum absolute atomic E-state index is 11.9. The molecule has 5 heteroatoms. The number of nitrogens with zero attached hydrogens (tertiary/aromatic N) is 2. The largest absolute Gasteiger partial charge is 0.337 e. The topological polar surface area (TPSA) is 65.8 Å². The maximum Gasteiger partial charge on any atom is 0.221 e. The molecule has 0 saturated carbocycles. The van der Waals surface area contributed by atoms with Crippen LogP contribution in [-0.2, 0) is 11.2 Å². The van der Waals surface area contributed by atoms with E-state index in [0.717, 1.165) is 17.7 Å². The van der Waals surface area contributed by atoms with E-state index in [-0.39, 0.29) is 5.91 Å². The Kier molecular flexibility index (Phi) is 5.93. The molecule has 1 heterocycles. The van der Waals surface area contributed by atoms with Crippen LogP contribution in [0.25, 0.3) is 0 Å². The lowest BCUT2D eigenvalue weighted by Gasteiger charge is -2.12. The summed E-state index contributed by atoms with van der Waals surface area (Å²) in [6.45, 7) is 0. The molecular weight excluding hydrogens is 298 g/mol. The normalized spacial score (nSPS) is 11.5. The summed E-state index contributed by atoms with van der Waals surface area (Å²) in [5, 5.41) is 12.5. The second-order valence-corrected chi connectivity index (χ2v) is 5.29. The molecule has 1 atom stereocenters. The van der Waals surface area contributed by atoms with Crippen LogP contribution in [0, 0.1) is 11.3 Å². The van der Waals surface area contributed by atoms with E-state index >= 15 is 0 Å².